The average molecular weight is 389 g/mol. The smallest absolute Gasteiger partial charge is 0.410 e. The quantitative estimate of drug-likeness (QED) is 0.609. The standard InChI is InChI=1S/C17H26F3N5O2/c1-16(2,3)27-15(26)24(4)12-7-8-25(10-12)14(17(18,19)20)11-5-6-13(23-21)22-9-11/h5-6,9,12,14H,7-8,10,21H2,1-4H3,(H,22,23)/t12-,14+/m0/s1. The van der Waals surface area contributed by atoms with Crippen molar-refractivity contribution in [2.24, 2.45) is 5.84 Å². The minimum absolute atomic E-state index is 0.0297. The van der Waals surface area contributed by atoms with Gasteiger partial charge in [-0.2, -0.15) is 13.2 Å². The van der Waals surface area contributed by atoms with Crippen LogP contribution in [-0.2, 0) is 4.74 Å². The second-order valence-electron chi connectivity index (χ2n) is 7.59. The Hall–Kier alpha value is -2.07. The maximum Gasteiger partial charge on any atom is 0.410 e. The topological polar surface area (TPSA) is 83.7 Å². The zero-order valence-electron chi connectivity index (χ0n) is 15.9. The molecule has 1 aromatic rings. The number of ether oxygens (including phenoxy) is 1. The lowest BCUT2D eigenvalue weighted by Crippen LogP contribution is -2.43. The van der Waals surface area contributed by atoms with E-state index in [4.69, 9.17) is 10.6 Å². The van der Waals surface area contributed by atoms with Crippen molar-refractivity contribution >= 4 is 11.9 Å². The van der Waals surface area contributed by atoms with Crippen molar-refractivity contribution in [1.29, 1.82) is 0 Å². The van der Waals surface area contributed by atoms with Gasteiger partial charge < -0.3 is 15.1 Å². The van der Waals surface area contributed by atoms with E-state index in [1.165, 1.54) is 21.9 Å². The van der Waals surface area contributed by atoms with E-state index in [1.54, 1.807) is 27.8 Å². The molecule has 1 saturated heterocycles. The number of likely N-dealkylation sites (tertiary alicyclic amines) is 1. The number of nitrogens with zero attached hydrogens (tertiary/aromatic N) is 3. The molecule has 0 bridgehead atoms. The SMILES string of the molecule is CN(C(=O)OC(C)(C)C)[C@H]1CCN([C@H](c2ccc(NN)nc2)C(F)(F)F)C1. The molecule has 1 amide bonds. The fraction of sp³-hybridized carbons (Fsp3) is 0.647. The molecule has 27 heavy (non-hydrogen) atoms. The van der Waals surface area contributed by atoms with Crippen LogP contribution in [0.5, 0.6) is 0 Å². The monoisotopic (exact) mass is 389 g/mol. The van der Waals surface area contributed by atoms with Crippen molar-refractivity contribution in [2.75, 3.05) is 25.6 Å². The van der Waals surface area contributed by atoms with Crippen LogP contribution >= 0.6 is 0 Å². The number of hydrazine groups is 1. The van der Waals surface area contributed by atoms with Crippen LogP contribution in [0, 0.1) is 0 Å². The molecule has 2 atom stereocenters. The summed E-state index contributed by atoms with van der Waals surface area (Å²) in [5.74, 6) is 5.49. The lowest BCUT2D eigenvalue weighted by molar-refractivity contribution is -0.184. The Bertz CT molecular complexity index is 645. The summed E-state index contributed by atoms with van der Waals surface area (Å²) in [7, 11) is 1.55. The lowest BCUT2D eigenvalue weighted by atomic mass is 10.1. The number of nitrogens with one attached hydrogen (secondary N) is 1. The molecule has 1 aliphatic rings. The highest BCUT2D eigenvalue weighted by atomic mass is 19.4. The van der Waals surface area contributed by atoms with Gasteiger partial charge in [0.1, 0.15) is 17.5 Å². The van der Waals surface area contributed by atoms with Crippen LogP contribution in [0.4, 0.5) is 23.8 Å². The number of halogens is 3. The first kappa shape index (κ1) is 21.2. The van der Waals surface area contributed by atoms with Gasteiger partial charge in [0.2, 0.25) is 0 Å². The van der Waals surface area contributed by atoms with E-state index in [1.807, 2.05) is 0 Å². The first-order valence-electron chi connectivity index (χ1n) is 8.61. The molecule has 0 saturated carbocycles. The van der Waals surface area contributed by atoms with Gasteiger partial charge in [0, 0.05) is 32.4 Å². The van der Waals surface area contributed by atoms with Crippen molar-refractivity contribution in [2.45, 2.75) is 51.1 Å². The number of alkyl halides is 3. The van der Waals surface area contributed by atoms with Gasteiger partial charge in [-0.15, -0.1) is 0 Å². The highest BCUT2D eigenvalue weighted by Gasteiger charge is 2.47. The predicted molar refractivity (Wildman–Crippen MR) is 94.8 cm³/mol. The van der Waals surface area contributed by atoms with Crippen molar-refractivity contribution in [1.82, 2.24) is 14.8 Å². The number of hydrogen-bond acceptors (Lipinski definition) is 6. The summed E-state index contributed by atoms with van der Waals surface area (Å²) in [4.78, 5) is 18.8. The first-order valence-corrected chi connectivity index (χ1v) is 8.61. The van der Waals surface area contributed by atoms with Gasteiger partial charge in [-0.3, -0.25) is 4.90 Å². The van der Waals surface area contributed by atoms with Crippen LogP contribution in [0.25, 0.3) is 0 Å². The highest BCUT2D eigenvalue weighted by molar-refractivity contribution is 5.68. The van der Waals surface area contributed by atoms with Crippen molar-refractivity contribution in [3.05, 3.63) is 23.9 Å². The second-order valence-corrected chi connectivity index (χ2v) is 7.59. The predicted octanol–water partition coefficient (Wildman–Crippen LogP) is 2.91. The number of rotatable bonds is 4. The fourth-order valence-electron chi connectivity index (χ4n) is 3.06. The number of pyridine rings is 1. The number of anilines is 1. The third kappa shape index (κ3) is 5.46. The zero-order valence-corrected chi connectivity index (χ0v) is 15.9. The number of amides is 1. The molecule has 3 N–H and O–H groups in total. The van der Waals surface area contributed by atoms with E-state index >= 15 is 0 Å². The maximum atomic E-state index is 13.7. The molecule has 152 valence electrons. The van der Waals surface area contributed by atoms with E-state index in [2.05, 4.69) is 10.4 Å². The third-order valence-corrected chi connectivity index (χ3v) is 4.35. The molecule has 0 radical (unpaired) electrons. The molecule has 0 spiro atoms. The summed E-state index contributed by atoms with van der Waals surface area (Å²) < 4.78 is 46.5. The Morgan fingerprint density at radius 2 is 2.07 bits per heavy atom. The van der Waals surface area contributed by atoms with E-state index < -0.39 is 23.9 Å². The summed E-state index contributed by atoms with van der Waals surface area (Å²) in [6, 6.07) is 0.594. The molecule has 2 rings (SSSR count). The van der Waals surface area contributed by atoms with Crippen LogP contribution in [-0.4, -0.2) is 58.8 Å². The maximum absolute atomic E-state index is 13.7. The number of hydrogen-bond donors (Lipinski definition) is 2. The summed E-state index contributed by atoms with van der Waals surface area (Å²) in [5.41, 5.74) is 1.66. The minimum atomic E-state index is -4.47. The largest absolute Gasteiger partial charge is 0.444 e. The first-order chi connectivity index (χ1) is 12.4. The molecule has 1 aliphatic heterocycles. The van der Waals surface area contributed by atoms with Crippen molar-refractivity contribution < 1.29 is 22.7 Å². The number of nitrogens with two attached hydrogens (primary N) is 1. The van der Waals surface area contributed by atoms with Crippen LogP contribution in [0.2, 0.25) is 0 Å². The van der Waals surface area contributed by atoms with Crippen LogP contribution < -0.4 is 11.3 Å². The second kappa shape index (κ2) is 7.89. The van der Waals surface area contributed by atoms with E-state index in [9.17, 15) is 18.0 Å². The summed E-state index contributed by atoms with van der Waals surface area (Å²) in [6.07, 6.45) is -3.42. The number of nitrogen functional groups attached to an aromatic ring is 1. The molecule has 0 aromatic carbocycles. The van der Waals surface area contributed by atoms with Gasteiger partial charge in [0.25, 0.3) is 0 Å². The molecule has 2 heterocycles. The van der Waals surface area contributed by atoms with Gasteiger partial charge in [0.15, 0.2) is 0 Å². The zero-order chi connectivity index (χ0) is 20.4. The normalized spacial score (nSPS) is 19.6. The van der Waals surface area contributed by atoms with E-state index in [0.717, 1.165) is 6.20 Å². The third-order valence-electron chi connectivity index (χ3n) is 4.35. The Kier molecular flexibility index (Phi) is 6.21. The number of likely N-dealkylation sites (N-methyl/N-ethyl adjacent to an activating group) is 1. The van der Waals surface area contributed by atoms with Crippen LogP contribution in [0.3, 0.4) is 0 Å². The Balaban J connectivity index is 2.14. The Morgan fingerprint density at radius 1 is 1.41 bits per heavy atom. The molecule has 10 heteroatoms. The fourth-order valence-corrected chi connectivity index (χ4v) is 3.06. The molecule has 0 aliphatic carbocycles. The molecule has 0 unspecified atom stereocenters. The molecule has 1 aromatic heterocycles. The Labute approximate surface area is 156 Å². The van der Waals surface area contributed by atoms with E-state index in [0.29, 0.717) is 6.42 Å². The van der Waals surface area contributed by atoms with Gasteiger partial charge >= 0.3 is 12.3 Å². The molecule has 1 fully saturated rings. The summed E-state index contributed by atoms with van der Waals surface area (Å²) in [6.45, 7) is 5.53. The lowest BCUT2D eigenvalue weighted by Gasteiger charge is -2.32. The summed E-state index contributed by atoms with van der Waals surface area (Å²) in [5, 5.41) is 0. The number of aromatic nitrogens is 1. The Morgan fingerprint density at radius 3 is 2.56 bits per heavy atom. The number of carbonyl (C=O) groups is 1. The van der Waals surface area contributed by atoms with Gasteiger partial charge in [-0.1, -0.05) is 6.07 Å². The summed E-state index contributed by atoms with van der Waals surface area (Å²) >= 11 is 0. The highest BCUT2D eigenvalue weighted by Crippen LogP contribution is 2.39. The van der Waals surface area contributed by atoms with Gasteiger partial charge in [0.05, 0.1) is 0 Å². The van der Waals surface area contributed by atoms with Crippen molar-refractivity contribution in [3.63, 3.8) is 0 Å². The van der Waals surface area contributed by atoms with Crippen molar-refractivity contribution in [3.8, 4) is 0 Å². The van der Waals surface area contributed by atoms with Gasteiger partial charge in [-0.25, -0.2) is 15.6 Å². The van der Waals surface area contributed by atoms with Crippen LogP contribution in [0.15, 0.2) is 18.3 Å². The minimum Gasteiger partial charge on any atom is -0.444 e. The van der Waals surface area contributed by atoms with E-state index in [-0.39, 0.29) is 30.5 Å². The van der Waals surface area contributed by atoms with Crippen LogP contribution in [0.1, 0.15) is 38.8 Å². The van der Waals surface area contributed by atoms with Gasteiger partial charge in [-0.05, 0) is 38.8 Å². The average Bonchev–Trinajstić information content (AvgIpc) is 3.01. The molecule has 7 nitrogen and oxygen atoms in total. The molecular weight excluding hydrogens is 363 g/mol. The number of carbonyl (C=O) groups excluding carboxylic acids is 1. The molecular formula is C17H26F3N5O2.